The van der Waals surface area contributed by atoms with Crippen LogP contribution in [-0.4, -0.2) is 15.9 Å². The van der Waals surface area contributed by atoms with Gasteiger partial charge in [-0.25, -0.2) is 0 Å². The highest BCUT2D eigenvalue weighted by molar-refractivity contribution is 7.80. The van der Waals surface area contributed by atoms with Gasteiger partial charge in [-0.15, -0.1) is 0 Å². The van der Waals surface area contributed by atoms with Gasteiger partial charge in [0.25, 0.3) is 11.6 Å². The second-order valence-electron chi connectivity index (χ2n) is 5.96. The third-order valence-electron chi connectivity index (χ3n) is 3.90. The summed E-state index contributed by atoms with van der Waals surface area (Å²) in [6.07, 6.45) is 0. The molecule has 0 aliphatic heterocycles. The predicted octanol–water partition coefficient (Wildman–Crippen LogP) is 5.60. The zero-order valence-corrected chi connectivity index (χ0v) is 17.2. The lowest BCUT2D eigenvalue weighted by molar-refractivity contribution is -0.384. The molecule has 1 heterocycles. The van der Waals surface area contributed by atoms with Crippen LogP contribution in [0.15, 0.2) is 52.9 Å². The smallest absolute Gasteiger partial charge is 0.293 e. The van der Waals surface area contributed by atoms with Crippen molar-refractivity contribution >= 4 is 57.8 Å². The Bertz CT molecular complexity index is 1130. The van der Waals surface area contributed by atoms with Gasteiger partial charge in [0.15, 0.2) is 10.9 Å². The number of anilines is 1. The van der Waals surface area contributed by atoms with Crippen molar-refractivity contribution in [2.24, 2.45) is 0 Å². The first-order valence-corrected chi connectivity index (χ1v) is 9.33. The van der Waals surface area contributed by atoms with E-state index in [1.807, 2.05) is 0 Å². The molecular formula is C19H13Cl2N3O4S. The molecule has 2 aromatic carbocycles. The van der Waals surface area contributed by atoms with E-state index in [4.69, 9.17) is 39.8 Å². The lowest BCUT2D eigenvalue weighted by Crippen LogP contribution is -2.34. The predicted molar refractivity (Wildman–Crippen MR) is 116 cm³/mol. The summed E-state index contributed by atoms with van der Waals surface area (Å²) < 4.78 is 5.57. The fraction of sp³-hybridized carbons (Fsp3) is 0.0526. The Morgan fingerprint density at radius 3 is 2.62 bits per heavy atom. The highest BCUT2D eigenvalue weighted by atomic mass is 35.5. The summed E-state index contributed by atoms with van der Waals surface area (Å²) >= 11 is 17.0. The van der Waals surface area contributed by atoms with Gasteiger partial charge >= 0.3 is 0 Å². The first-order valence-electron chi connectivity index (χ1n) is 8.17. The number of hydrogen-bond donors (Lipinski definition) is 2. The molecule has 0 unspecified atom stereocenters. The summed E-state index contributed by atoms with van der Waals surface area (Å²) in [6.45, 7) is 1.65. The summed E-state index contributed by atoms with van der Waals surface area (Å²) in [5, 5.41) is 16.7. The molecule has 0 bridgehead atoms. The minimum absolute atomic E-state index is 0.0104. The minimum atomic E-state index is -0.576. The van der Waals surface area contributed by atoms with E-state index in [2.05, 4.69) is 10.6 Å². The number of halogens is 2. The van der Waals surface area contributed by atoms with E-state index < -0.39 is 10.8 Å². The maximum Gasteiger partial charge on any atom is 0.293 e. The highest BCUT2D eigenvalue weighted by Crippen LogP contribution is 2.30. The topological polar surface area (TPSA) is 97.4 Å². The van der Waals surface area contributed by atoms with Gasteiger partial charge in [-0.2, -0.15) is 0 Å². The molecule has 3 aromatic rings. The van der Waals surface area contributed by atoms with Gasteiger partial charge in [-0.1, -0.05) is 35.3 Å². The molecule has 148 valence electrons. The Balaban J connectivity index is 1.69. The van der Waals surface area contributed by atoms with Crippen LogP contribution >= 0.6 is 35.4 Å². The fourth-order valence-corrected chi connectivity index (χ4v) is 3.14. The Hall–Kier alpha value is -2.94. The third-order valence-corrected chi connectivity index (χ3v) is 4.65. The summed E-state index contributed by atoms with van der Waals surface area (Å²) in [5.74, 6) is -0.0152. The number of nitro benzene ring substituents is 1. The third kappa shape index (κ3) is 4.92. The molecular weight excluding hydrogens is 437 g/mol. The number of furan rings is 1. The van der Waals surface area contributed by atoms with Crippen LogP contribution in [0.25, 0.3) is 11.3 Å². The Labute approximate surface area is 180 Å². The Kier molecular flexibility index (Phi) is 6.17. The molecule has 0 saturated carbocycles. The zero-order valence-electron chi connectivity index (χ0n) is 14.9. The second kappa shape index (κ2) is 8.60. The largest absolute Gasteiger partial charge is 0.451 e. The average Bonchev–Trinajstić information content (AvgIpc) is 3.14. The Morgan fingerprint density at radius 2 is 1.93 bits per heavy atom. The van der Waals surface area contributed by atoms with Gasteiger partial charge in [-0.3, -0.25) is 20.2 Å². The van der Waals surface area contributed by atoms with Crippen molar-refractivity contribution < 1.29 is 14.1 Å². The summed E-state index contributed by atoms with van der Waals surface area (Å²) in [6, 6.07) is 12.9. The van der Waals surface area contributed by atoms with Crippen LogP contribution in [0.3, 0.4) is 0 Å². The molecule has 0 spiro atoms. The lowest BCUT2D eigenvalue weighted by Gasteiger charge is -2.11. The van der Waals surface area contributed by atoms with Gasteiger partial charge < -0.3 is 9.73 Å². The number of carbonyl (C=O) groups is 1. The van der Waals surface area contributed by atoms with E-state index in [0.717, 1.165) is 5.56 Å². The van der Waals surface area contributed by atoms with Crippen molar-refractivity contribution in [1.29, 1.82) is 0 Å². The van der Waals surface area contributed by atoms with E-state index in [0.29, 0.717) is 22.0 Å². The molecule has 0 radical (unpaired) electrons. The van der Waals surface area contributed by atoms with Crippen LogP contribution in [-0.2, 0) is 0 Å². The normalized spacial score (nSPS) is 10.4. The van der Waals surface area contributed by atoms with Crippen molar-refractivity contribution in [3.05, 3.63) is 80.0 Å². The van der Waals surface area contributed by atoms with Crippen molar-refractivity contribution in [2.75, 3.05) is 5.32 Å². The van der Waals surface area contributed by atoms with Crippen LogP contribution in [0, 0.1) is 17.0 Å². The van der Waals surface area contributed by atoms with Gasteiger partial charge in [0.2, 0.25) is 0 Å². The van der Waals surface area contributed by atoms with Crippen molar-refractivity contribution in [3.63, 3.8) is 0 Å². The van der Waals surface area contributed by atoms with Crippen LogP contribution in [0.4, 0.5) is 11.4 Å². The minimum Gasteiger partial charge on any atom is -0.451 e. The van der Waals surface area contributed by atoms with E-state index in [-0.39, 0.29) is 21.6 Å². The van der Waals surface area contributed by atoms with E-state index in [1.165, 1.54) is 18.2 Å². The number of benzene rings is 2. The number of carbonyl (C=O) groups excluding carboxylic acids is 1. The SMILES string of the molecule is Cc1cc([N+](=O)[O-])c(Cl)cc1NC(=S)NC(=O)c1ccc(-c2cccc(Cl)c2)o1. The molecule has 0 aliphatic carbocycles. The van der Waals surface area contributed by atoms with E-state index in [9.17, 15) is 14.9 Å². The van der Waals surface area contributed by atoms with Gasteiger partial charge in [0, 0.05) is 22.3 Å². The van der Waals surface area contributed by atoms with Gasteiger partial charge in [0.05, 0.1) is 4.92 Å². The second-order valence-corrected chi connectivity index (χ2v) is 7.21. The fourth-order valence-electron chi connectivity index (χ4n) is 2.52. The molecule has 0 aliphatic rings. The number of hydrogen-bond acceptors (Lipinski definition) is 5. The van der Waals surface area contributed by atoms with Crippen LogP contribution in [0.2, 0.25) is 10.0 Å². The number of nitrogens with one attached hydrogen (secondary N) is 2. The number of amides is 1. The van der Waals surface area contributed by atoms with Gasteiger partial charge in [-0.05, 0) is 55.0 Å². The summed E-state index contributed by atoms with van der Waals surface area (Å²) in [4.78, 5) is 22.7. The highest BCUT2D eigenvalue weighted by Gasteiger charge is 2.17. The molecule has 7 nitrogen and oxygen atoms in total. The molecule has 0 atom stereocenters. The number of aryl methyl sites for hydroxylation is 1. The van der Waals surface area contributed by atoms with Crippen molar-refractivity contribution in [1.82, 2.24) is 5.32 Å². The maximum atomic E-state index is 12.4. The molecule has 2 N–H and O–H groups in total. The number of rotatable bonds is 4. The quantitative estimate of drug-likeness (QED) is 0.305. The van der Waals surface area contributed by atoms with Crippen molar-refractivity contribution in [3.8, 4) is 11.3 Å². The summed E-state index contributed by atoms with van der Waals surface area (Å²) in [5.41, 5.74) is 1.49. The van der Waals surface area contributed by atoms with E-state index in [1.54, 1.807) is 37.3 Å². The van der Waals surface area contributed by atoms with E-state index >= 15 is 0 Å². The first-order chi connectivity index (χ1) is 13.7. The van der Waals surface area contributed by atoms with Crippen LogP contribution in [0.1, 0.15) is 16.1 Å². The lowest BCUT2D eigenvalue weighted by atomic mass is 10.2. The molecule has 1 amide bonds. The maximum absolute atomic E-state index is 12.4. The first kappa shape index (κ1) is 20.8. The van der Waals surface area contributed by atoms with Gasteiger partial charge in [0.1, 0.15) is 10.8 Å². The standard InChI is InChI=1S/C19H13Cl2N3O4S/c1-10-7-15(24(26)27)13(21)9-14(10)22-19(29)23-18(25)17-6-5-16(28-17)11-3-2-4-12(20)8-11/h2-9H,1H3,(H2,22,23,25,29). The number of nitro groups is 1. The molecule has 29 heavy (non-hydrogen) atoms. The Morgan fingerprint density at radius 1 is 1.17 bits per heavy atom. The molecule has 10 heteroatoms. The van der Waals surface area contributed by atoms with Crippen molar-refractivity contribution in [2.45, 2.75) is 6.92 Å². The van der Waals surface area contributed by atoms with Crippen LogP contribution in [0.5, 0.6) is 0 Å². The zero-order chi connectivity index (χ0) is 21.1. The van der Waals surface area contributed by atoms with Crippen LogP contribution < -0.4 is 10.6 Å². The number of thiocarbonyl (C=S) groups is 1. The molecule has 0 saturated heterocycles. The molecule has 3 rings (SSSR count). The molecule has 0 fully saturated rings. The average molecular weight is 450 g/mol. The molecule has 1 aromatic heterocycles. The number of nitrogens with zero attached hydrogens (tertiary/aromatic N) is 1. The monoisotopic (exact) mass is 449 g/mol. The summed E-state index contributed by atoms with van der Waals surface area (Å²) in [7, 11) is 0.